The van der Waals surface area contributed by atoms with Crippen LogP contribution < -0.4 is 0 Å². The third kappa shape index (κ3) is 8.14. The summed E-state index contributed by atoms with van der Waals surface area (Å²) in [5, 5.41) is 1.26. The fourth-order valence-electron chi connectivity index (χ4n) is 3.65. The van der Waals surface area contributed by atoms with Gasteiger partial charge in [0, 0.05) is 32.5 Å². The molecule has 0 amide bonds. The van der Waals surface area contributed by atoms with E-state index < -0.39 is 3.45 Å². The Bertz CT molecular complexity index is 555. The number of hydrogen-bond donors (Lipinski definition) is 0. The molecule has 0 nitrogen and oxygen atoms in total. The van der Waals surface area contributed by atoms with E-state index in [0.717, 1.165) is 0 Å². The molecule has 204 valence electrons. The second-order valence-electron chi connectivity index (χ2n) is 9.86. The van der Waals surface area contributed by atoms with Gasteiger partial charge in [-0.2, -0.15) is 0 Å². The minimum absolute atomic E-state index is 0.181. The molecule has 0 aromatic heterocycles. The molecule has 33 heavy (non-hydrogen) atoms. The van der Waals surface area contributed by atoms with Gasteiger partial charge in [-0.15, -0.1) is 23.5 Å². The van der Waals surface area contributed by atoms with E-state index in [-0.39, 0.29) is 4.75 Å². The lowest BCUT2D eigenvalue weighted by Crippen LogP contribution is -2.48. The molecule has 0 aliphatic heterocycles. The molecule has 0 N–H and O–H groups in total. The summed E-state index contributed by atoms with van der Waals surface area (Å²) in [5.41, 5.74) is 0. The van der Waals surface area contributed by atoms with Gasteiger partial charge in [-0.05, 0) is 51.0 Å². The van der Waals surface area contributed by atoms with Crippen molar-refractivity contribution in [1.82, 2.24) is 0 Å². The molecule has 0 aromatic rings. The lowest BCUT2D eigenvalue weighted by atomic mass is 10.2. The first-order valence-electron chi connectivity index (χ1n) is 12.9. The molecule has 0 fully saturated rings. The first-order valence-corrected chi connectivity index (χ1v) is 24.9. The zero-order chi connectivity index (χ0) is 25.8. The number of rotatable bonds is 20. The van der Waals surface area contributed by atoms with Gasteiger partial charge in [-0.25, -0.2) is 0 Å². The molecule has 0 aromatic carbocycles. The van der Waals surface area contributed by atoms with Crippen LogP contribution >= 0.6 is 80.9 Å². The summed E-state index contributed by atoms with van der Waals surface area (Å²) in [6.45, 7) is 27.2. The molecule has 2 atom stereocenters. The highest BCUT2D eigenvalue weighted by atomic mass is 34.4. The van der Waals surface area contributed by atoms with Crippen LogP contribution in [-0.2, 0) is 0 Å². The average Bonchev–Trinajstić information content (AvgIpc) is 2.74. The van der Waals surface area contributed by atoms with Gasteiger partial charge in [0.2, 0.25) is 0 Å². The van der Waals surface area contributed by atoms with Gasteiger partial charge in [0.25, 0.3) is 0 Å². The molecule has 0 aliphatic carbocycles. The fraction of sp³-hybridized carbons (Fsp3) is 1.00. The summed E-state index contributed by atoms with van der Waals surface area (Å²) >= 11 is 4.32. The van der Waals surface area contributed by atoms with Gasteiger partial charge < -0.3 is 0 Å². The van der Waals surface area contributed by atoms with E-state index in [0.29, 0.717) is 21.0 Å². The van der Waals surface area contributed by atoms with Crippen LogP contribution in [0.5, 0.6) is 0 Å². The van der Waals surface area contributed by atoms with E-state index in [4.69, 9.17) is 0 Å². The molecule has 8 heteroatoms. The van der Waals surface area contributed by atoms with Crippen molar-refractivity contribution in [3.8, 4) is 0 Å². The maximum Gasteiger partial charge on any atom is 0.0649 e. The van der Waals surface area contributed by atoms with E-state index in [1.54, 1.807) is 0 Å². The van der Waals surface area contributed by atoms with Crippen molar-refractivity contribution in [1.29, 1.82) is 0 Å². The molecule has 0 radical (unpaired) electrons. The monoisotopic (exact) mass is 612 g/mol. The lowest BCUT2D eigenvalue weighted by molar-refractivity contribution is 0.751. The van der Waals surface area contributed by atoms with Crippen LogP contribution in [0.25, 0.3) is 0 Å². The van der Waals surface area contributed by atoms with E-state index in [1.807, 2.05) is 0 Å². The summed E-state index contributed by atoms with van der Waals surface area (Å²) in [4.78, 5) is 0. The highest BCUT2D eigenvalue weighted by Crippen LogP contribution is 3.27. The Balaban J connectivity index is 7.67. The lowest BCUT2D eigenvalue weighted by Gasteiger charge is -2.84. The van der Waals surface area contributed by atoms with Gasteiger partial charge in [0.1, 0.15) is 0 Å². The maximum absolute atomic E-state index is 2.97. The highest BCUT2D eigenvalue weighted by Gasteiger charge is 2.74. The summed E-state index contributed by atoms with van der Waals surface area (Å²) in [5.74, 6) is 5.69. The van der Waals surface area contributed by atoms with Crippen molar-refractivity contribution in [2.45, 2.75) is 122 Å². The van der Waals surface area contributed by atoms with Crippen LogP contribution in [0.1, 0.15) is 102 Å². The average molecular weight is 613 g/mol. The largest absolute Gasteiger partial charge is 0.150 e. The maximum atomic E-state index is 2.69. The standard InChI is InChI=1S/C25H56S8/c1-13-17-19-29-33(28-18-14-2,31-22(7)8,30-20-21(5)6,32-23(9)15-3)25(10,11)24(26-12)27-16-4/h21-24H,13-20H2,1-12H3. The molecule has 0 bridgehead atoms. The summed E-state index contributed by atoms with van der Waals surface area (Å²) in [7, 11) is 12.3. The third-order valence-corrected chi connectivity index (χ3v) is 49.7. The Kier molecular flexibility index (Phi) is 16.7. The Morgan fingerprint density at radius 1 is 0.788 bits per heavy atom. The van der Waals surface area contributed by atoms with Crippen LogP contribution in [0.3, 0.4) is 0 Å². The Morgan fingerprint density at radius 3 is 1.82 bits per heavy atom. The molecule has 2 unspecified atom stereocenters. The van der Waals surface area contributed by atoms with E-state index in [9.17, 15) is 0 Å². The van der Waals surface area contributed by atoms with Crippen molar-refractivity contribution in [3.63, 3.8) is 0 Å². The van der Waals surface area contributed by atoms with Crippen molar-refractivity contribution in [2.75, 3.05) is 29.3 Å². The predicted molar refractivity (Wildman–Crippen MR) is 185 cm³/mol. The van der Waals surface area contributed by atoms with Gasteiger partial charge in [-0.1, -0.05) is 126 Å². The molecule has 0 rings (SSSR count). The Morgan fingerprint density at radius 2 is 1.39 bits per heavy atom. The van der Waals surface area contributed by atoms with Crippen molar-refractivity contribution < 1.29 is 0 Å². The third-order valence-electron chi connectivity index (χ3n) is 5.54. The molecule has 0 saturated carbocycles. The van der Waals surface area contributed by atoms with E-state index in [1.165, 1.54) is 48.7 Å². The van der Waals surface area contributed by atoms with Crippen LogP contribution in [0.4, 0.5) is 0 Å². The SMILES string of the molecule is CCCCSS(SCCC)(SCC(C)C)(SC(C)C)(SC(C)CC)C(C)(C)C(SC)SCC. The van der Waals surface area contributed by atoms with Gasteiger partial charge >= 0.3 is 0 Å². The topological polar surface area (TPSA) is 0 Å². The number of unbranched alkanes of at least 4 members (excludes halogenated alkanes) is 1. The minimum atomic E-state index is -2.97. The second kappa shape index (κ2) is 15.4. The van der Waals surface area contributed by atoms with Crippen LogP contribution in [-0.4, -0.2) is 49.1 Å². The number of thioether (sulfide) groups is 2. The van der Waals surface area contributed by atoms with Crippen molar-refractivity contribution in [3.05, 3.63) is 0 Å². The summed E-state index contributed by atoms with van der Waals surface area (Å²) < 4.78 is -2.20. The quantitative estimate of drug-likeness (QED) is 0.0752. The van der Waals surface area contributed by atoms with Crippen molar-refractivity contribution >= 4 is 80.9 Å². The smallest absolute Gasteiger partial charge is 0.0649 e. The van der Waals surface area contributed by atoms with Crippen molar-refractivity contribution in [2.24, 2.45) is 5.92 Å². The second-order valence-corrected chi connectivity index (χ2v) is 41.8. The zero-order valence-electron chi connectivity index (χ0n) is 23.7. The molecule has 0 saturated heterocycles. The van der Waals surface area contributed by atoms with Crippen LogP contribution in [0.2, 0.25) is 0 Å². The van der Waals surface area contributed by atoms with E-state index in [2.05, 4.69) is 160 Å². The minimum Gasteiger partial charge on any atom is -0.150 e. The predicted octanol–water partition coefficient (Wildman–Crippen LogP) is 12.4. The van der Waals surface area contributed by atoms with Crippen LogP contribution in [0, 0.1) is 5.92 Å². The molecular formula is C25H56S8. The zero-order valence-corrected chi connectivity index (χ0v) is 30.3. The normalized spacial score (nSPS) is 17.3. The Labute approximate surface area is 235 Å². The molecular weight excluding hydrogens is 557 g/mol. The molecule has 0 spiro atoms. The summed E-state index contributed by atoms with van der Waals surface area (Å²) in [6.07, 6.45) is 7.47. The van der Waals surface area contributed by atoms with Gasteiger partial charge in [0.15, 0.2) is 0 Å². The number of hydrogen-bond acceptors (Lipinski definition) is 7. The first kappa shape index (κ1) is 35.8. The first-order chi connectivity index (χ1) is 15.3. The van der Waals surface area contributed by atoms with Gasteiger partial charge in [0.05, 0.1) is 4.58 Å². The van der Waals surface area contributed by atoms with Gasteiger partial charge in [-0.3, -0.25) is 0 Å². The fourth-order valence-corrected chi connectivity index (χ4v) is 55.2. The van der Waals surface area contributed by atoms with E-state index >= 15 is 0 Å². The Hall–Kier alpha value is 2.80. The molecule has 0 heterocycles. The summed E-state index contributed by atoms with van der Waals surface area (Å²) in [6, 6.07) is 0. The van der Waals surface area contributed by atoms with Crippen LogP contribution in [0.15, 0.2) is 0 Å². The highest BCUT2D eigenvalue weighted by molar-refractivity contribution is 9.98. The molecule has 0 aliphatic rings.